The average molecular weight is 233 g/mol. The number of aryl methyl sites for hydroxylation is 1. The van der Waals surface area contributed by atoms with E-state index in [1.165, 1.54) is 22.1 Å². The summed E-state index contributed by atoms with van der Waals surface area (Å²) < 4.78 is 0. The number of hydrogen-bond donors (Lipinski definition) is 0. The zero-order valence-electron chi connectivity index (χ0n) is 10.4. The van der Waals surface area contributed by atoms with Crippen LogP contribution in [0.3, 0.4) is 0 Å². The first-order chi connectivity index (χ1) is 8.90. The lowest BCUT2D eigenvalue weighted by atomic mass is 9.96. The van der Waals surface area contributed by atoms with Crippen LogP contribution in [-0.4, -0.2) is 4.98 Å². The van der Waals surface area contributed by atoms with Gasteiger partial charge in [-0.2, -0.15) is 0 Å². The Kier molecular flexibility index (Phi) is 2.81. The summed E-state index contributed by atoms with van der Waals surface area (Å²) >= 11 is 0. The highest BCUT2D eigenvalue weighted by atomic mass is 14.7. The SMILES string of the molecule is CCc1c(-c2ccccc2)cnc2ccccc12. The molecule has 1 heterocycles. The van der Waals surface area contributed by atoms with E-state index in [9.17, 15) is 0 Å². The molecule has 0 radical (unpaired) electrons. The fraction of sp³-hybridized carbons (Fsp3) is 0.118. The third-order valence-electron chi connectivity index (χ3n) is 3.33. The minimum atomic E-state index is 1.02. The Morgan fingerprint density at radius 3 is 2.39 bits per heavy atom. The van der Waals surface area contributed by atoms with Gasteiger partial charge in [-0.15, -0.1) is 0 Å². The fourth-order valence-corrected chi connectivity index (χ4v) is 2.45. The van der Waals surface area contributed by atoms with Crippen LogP contribution in [0.4, 0.5) is 0 Å². The van der Waals surface area contributed by atoms with Crippen molar-refractivity contribution in [3.05, 3.63) is 66.4 Å². The molecule has 0 N–H and O–H groups in total. The van der Waals surface area contributed by atoms with Crippen LogP contribution >= 0.6 is 0 Å². The fourth-order valence-electron chi connectivity index (χ4n) is 2.45. The van der Waals surface area contributed by atoms with Crippen molar-refractivity contribution in [3.63, 3.8) is 0 Å². The summed E-state index contributed by atoms with van der Waals surface area (Å²) in [5, 5.41) is 1.27. The lowest BCUT2D eigenvalue weighted by Crippen LogP contribution is -1.92. The molecule has 0 saturated heterocycles. The molecule has 0 atom stereocenters. The summed E-state index contributed by atoms with van der Waals surface area (Å²) in [6.07, 6.45) is 3.02. The Balaban J connectivity index is 2.31. The summed E-state index contributed by atoms with van der Waals surface area (Å²) in [6.45, 7) is 2.20. The third kappa shape index (κ3) is 1.78. The van der Waals surface area contributed by atoms with Crippen molar-refractivity contribution >= 4 is 10.9 Å². The highest BCUT2D eigenvalue weighted by Gasteiger charge is 2.08. The highest BCUT2D eigenvalue weighted by molar-refractivity contribution is 5.88. The number of pyridine rings is 1. The molecule has 0 bridgehead atoms. The quantitative estimate of drug-likeness (QED) is 0.636. The van der Waals surface area contributed by atoms with Gasteiger partial charge in [-0.05, 0) is 23.6 Å². The summed E-state index contributed by atoms with van der Waals surface area (Å²) in [6, 6.07) is 18.8. The van der Waals surface area contributed by atoms with Crippen molar-refractivity contribution in [2.24, 2.45) is 0 Å². The van der Waals surface area contributed by atoms with E-state index in [0.717, 1.165) is 11.9 Å². The molecule has 0 aliphatic rings. The maximum atomic E-state index is 4.57. The Hall–Kier alpha value is -2.15. The molecule has 2 aromatic carbocycles. The van der Waals surface area contributed by atoms with Crippen LogP contribution in [0.1, 0.15) is 12.5 Å². The molecule has 0 aliphatic carbocycles. The van der Waals surface area contributed by atoms with E-state index in [4.69, 9.17) is 0 Å². The number of rotatable bonds is 2. The molecule has 88 valence electrons. The van der Waals surface area contributed by atoms with Crippen molar-refractivity contribution in [2.45, 2.75) is 13.3 Å². The Labute approximate surface area is 107 Å². The second-order valence-corrected chi connectivity index (χ2v) is 4.39. The topological polar surface area (TPSA) is 12.9 Å². The maximum absolute atomic E-state index is 4.57. The first-order valence-electron chi connectivity index (χ1n) is 6.32. The van der Waals surface area contributed by atoms with Crippen molar-refractivity contribution in [1.82, 2.24) is 4.98 Å². The second kappa shape index (κ2) is 4.61. The molecule has 3 aromatic rings. The second-order valence-electron chi connectivity index (χ2n) is 4.39. The normalized spacial score (nSPS) is 10.7. The van der Waals surface area contributed by atoms with Gasteiger partial charge in [0.05, 0.1) is 5.52 Å². The van der Waals surface area contributed by atoms with Gasteiger partial charge in [0, 0.05) is 17.1 Å². The zero-order valence-corrected chi connectivity index (χ0v) is 10.4. The molecule has 3 rings (SSSR count). The number of para-hydroxylation sites is 1. The standard InChI is InChI=1S/C17H15N/c1-2-14-15-10-6-7-11-17(15)18-12-16(14)13-8-4-3-5-9-13/h3-12H,2H2,1H3. The molecule has 0 amide bonds. The van der Waals surface area contributed by atoms with Gasteiger partial charge in [0.2, 0.25) is 0 Å². The minimum absolute atomic E-state index is 1.02. The van der Waals surface area contributed by atoms with E-state index >= 15 is 0 Å². The summed E-state index contributed by atoms with van der Waals surface area (Å²) in [4.78, 5) is 4.57. The lowest BCUT2D eigenvalue weighted by Gasteiger charge is -2.11. The molecule has 0 aliphatic heterocycles. The molecule has 0 unspecified atom stereocenters. The molecule has 0 saturated carbocycles. The molecule has 0 fully saturated rings. The summed E-state index contributed by atoms with van der Waals surface area (Å²) in [5.41, 5.74) is 4.95. The van der Waals surface area contributed by atoms with Gasteiger partial charge in [-0.3, -0.25) is 4.98 Å². The maximum Gasteiger partial charge on any atom is 0.0705 e. The predicted octanol–water partition coefficient (Wildman–Crippen LogP) is 4.46. The van der Waals surface area contributed by atoms with Crippen molar-refractivity contribution in [3.8, 4) is 11.1 Å². The summed E-state index contributed by atoms with van der Waals surface area (Å²) in [7, 11) is 0. The van der Waals surface area contributed by atoms with E-state index in [0.29, 0.717) is 0 Å². The monoisotopic (exact) mass is 233 g/mol. The van der Waals surface area contributed by atoms with Crippen molar-refractivity contribution < 1.29 is 0 Å². The van der Waals surface area contributed by atoms with E-state index in [-0.39, 0.29) is 0 Å². The van der Waals surface area contributed by atoms with Crippen molar-refractivity contribution in [2.75, 3.05) is 0 Å². The van der Waals surface area contributed by atoms with Crippen LogP contribution in [0.15, 0.2) is 60.8 Å². The number of benzene rings is 2. The van der Waals surface area contributed by atoms with Gasteiger partial charge in [-0.1, -0.05) is 55.5 Å². The van der Waals surface area contributed by atoms with Gasteiger partial charge >= 0.3 is 0 Å². The van der Waals surface area contributed by atoms with Crippen LogP contribution in [0, 0.1) is 0 Å². The van der Waals surface area contributed by atoms with E-state index in [1.807, 2.05) is 18.3 Å². The zero-order chi connectivity index (χ0) is 12.4. The number of nitrogens with zero attached hydrogens (tertiary/aromatic N) is 1. The Morgan fingerprint density at radius 1 is 0.889 bits per heavy atom. The van der Waals surface area contributed by atoms with Gasteiger partial charge in [0.15, 0.2) is 0 Å². The van der Waals surface area contributed by atoms with Crippen LogP contribution in [0.2, 0.25) is 0 Å². The van der Waals surface area contributed by atoms with Crippen LogP contribution in [-0.2, 0) is 6.42 Å². The predicted molar refractivity (Wildman–Crippen MR) is 76.6 cm³/mol. The minimum Gasteiger partial charge on any atom is -0.256 e. The molecular formula is C17H15N. The van der Waals surface area contributed by atoms with E-state index in [1.54, 1.807) is 0 Å². The molecule has 1 nitrogen and oxygen atoms in total. The first-order valence-corrected chi connectivity index (χ1v) is 6.32. The average Bonchev–Trinajstić information content (AvgIpc) is 2.47. The van der Waals surface area contributed by atoms with Gasteiger partial charge in [-0.25, -0.2) is 0 Å². The lowest BCUT2D eigenvalue weighted by molar-refractivity contribution is 1.15. The van der Waals surface area contributed by atoms with E-state index < -0.39 is 0 Å². The third-order valence-corrected chi connectivity index (χ3v) is 3.33. The van der Waals surface area contributed by atoms with Crippen LogP contribution in [0.5, 0.6) is 0 Å². The first kappa shape index (κ1) is 11.0. The molecule has 1 aromatic heterocycles. The van der Waals surface area contributed by atoms with Crippen LogP contribution < -0.4 is 0 Å². The highest BCUT2D eigenvalue weighted by Crippen LogP contribution is 2.28. The number of aromatic nitrogens is 1. The van der Waals surface area contributed by atoms with Crippen LogP contribution in [0.25, 0.3) is 22.0 Å². The molecule has 1 heteroatoms. The summed E-state index contributed by atoms with van der Waals surface area (Å²) in [5.74, 6) is 0. The number of fused-ring (bicyclic) bond motifs is 1. The molecule has 18 heavy (non-hydrogen) atoms. The molecule has 0 spiro atoms. The van der Waals surface area contributed by atoms with Gasteiger partial charge in [0.25, 0.3) is 0 Å². The Bertz CT molecular complexity index is 672. The van der Waals surface area contributed by atoms with Crippen molar-refractivity contribution in [1.29, 1.82) is 0 Å². The molecular weight excluding hydrogens is 218 g/mol. The largest absolute Gasteiger partial charge is 0.256 e. The smallest absolute Gasteiger partial charge is 0.0705 e. The van der Waals surface area contributed by atoms with E-state index in [2.05, 4.69) is 54.4 Å². The van der Waals surface area contributed by atoms with Gasteiger partial charge < -0.3 is 0 Å². The van der Waals surface area contributed by atoms with Gasteiger partial charge in [0.1, 0.15) is 0 Å². The Morgan fingerprint density at radius 2 is 1.61 bits per heavy atom. The number of hydrogen-bond acceptors (Lipinski definition) is 1.